The van der Waals surface area contributed by atoms with Crippen molar-refractivity contribution in [1.82, 2.24) is 9.80 Å². The van der Waals surface area contributed by atoms with Gasteiger partial charge in [0.2, 0.25) is 0 Å². The fraction of sp³-hybridized carbons (Fsp3) is 0.536. The fourth-order valence-corrected chi connectivity index (χ4v) is 5.33. The van der Waals surface area contributed by atoms with Gasteiger partial charge in [-0.2, -0.15) is 0 Å². The Balaban J connectivity index is 1.05. The number of benzene rings is 2. The molecule has 2 aromatic carbocycles. The van der Waals surface area contributed by atoms with E-state index in [2.05, 4.69) is 30.9 Å². The number of cyclic esters (lactones) is 1. The van der Waals surface area contributed by atoms with E-state index in [1.54, 1.807) is 0 Å². The van der Waals surface area contributed by atoms with Crippen molar-refractivity contribution in [3.8, 4) is 17.2 Å². The first kappa shape index (κ1) is 23.8. The van der Waals surface area contributed by atoms with Crippen LogP contribution < -0.4 is 14.2 Å². The number of hydrogen-bond donors (Lipinski definition) is 0. The molecular weight excluding hydrogens is 444 g/mol. The van der Waals surface area contributed by atoms with Gasteiger partial charge in [0.15, 0.2) is 11.5 Å². The summed E-state index contributed by atoms with van der Waals surface area (Å²) in [7, 11) is 0. The molecule has 35 heavy (non-hydrogen) atoms. The van der Waals surface area contributed by atoms with Crippen LogP contribution in [0.5, 0.6) is 17.2 Å². The highest BCUT2D eigenvalue weighted by Gasteiger charge is 2.34. The van der Waals surface area contributed by atoms with Crippen molar-refractivity contribution >= 4 is 6.09 Å². The Bertz CT molecular complexity index is 1000. The Morgan fingerprint density at radius 1 is 0.943 bits per heavy atom. The summed E-state index contributed by atoms with van der Waals surface area (Å²) in [5.41, 5.74) is 2.23. The van der Waals surface area contributed by atoms with Crippen LogP contribution in [0.25, 0.3) is 0 Å². The molecular formula is C28H36N2O5. The quantitative estimate of drug-likeness (QED) is 0.557. The first-order valence-corrected chi connectivity index (χ1v) is 12.8. The molecule has 0 N–H and O–H groups in total. The van der Waals surface area contributed by atoms with E-state index in [1.807, 2.05) is 35.2 Å². The lowest BCUT2D eigenvalue weighted by molar-refractivity contribution is 0.0464. The maximum Gasteiger partial charge on any atom is 0.410 e. The second-order valence-electron chi connectivity index (χ2n) is 9.99. The number of carbonyl (C=O) groups is 1. The Kier molecular flexibility index (Phi) is 7.32. The number of rotatable bonds is 8. The smallest absolute Gasteiger partial charge is 0.410 e. The normalized spacial score (nSPS) is 22.8. The van der Waals surface area contributed by atoms with Gasteiger partial charge in [0.25, 0.3) is 0 Å². The van der Waals surface area contributed by atoms with Crippen LogP contribution in [0.3, 0.4) is 0 Å². The maximum absolute atomic E-state index is 12.4. The second kappa shape index (κ2) is 10.8. The molecule has 0 unspecified atom stereocenters. The van der Waals surface area contributed by atoms with E-state index in [-0.39, 0.29) is 18.2 Å². The molecule has 0 aliphatic carbocycles. The van der Waals surface area contributed by atoms with Crippen LogP contribution in [-0.4, -0.2) is 74.0 Å². The zero-order valence-corrected chi connectivity index (χ0v) is 20.8. The molecule has 0 aromatic heterocycles. The lowest BCUT2D eigenvalue weighted by atomic mass is 9.93. The molecule has 0 saturated carbocycles. The van der Waals surface area contributed by atoms with Gasteiger partial charge in [0.05, 0.1) is 0 Å². The third kappa shape index (κ3) is 5.67. The van der Waals surface area contributed by atoms with Crippen molar-refractivity contribution in [1.29, 1.82) is 0 Å². The molecule has 0 radical (unpaired) electrons. The van der Waals surface area contributed by atoms with Crippen LogP contribution in [0.1, 0.15) is 30.4 Å². The number of aryl methyl sites for hydroxylation is 2. The number of nitrogens with zero attached hydrogens (tertiary/aromatic N) is 2. The van der Waals surface area contributed by atoms with Crippen molar-refractivity contribution in [2.45, 2.75) is 45.3 Å². The minimum absolute atomic E-state index is 0.0343. The Morgan fingerprint density at radius 2 is 1.69 bits per heavy atom. The molecule has 2 fully saturated rings. The van der Waals surface area contributed by atoms with Crippen molar-refractivity contribution < 1.29 is 23.7 Å². The van der Waals surface area contributed by atoms with Gasteiger partial charge in [-0.3, -0.25) is 9.80 Å². The summed E-state index contributed by atoms with van der Waals surface area (Å²) < 4.78 is 23.5. The van der Waals surface area contributed by atoms with Gasteiger partial charge in [-0.05, 0) is 75.4 Å². The lowest BCUT2D eigenvalue weighted by Crippen LogP contribution is -2.44. The molecule has 7 nitrogen and oxygen atoms in total. The molecule has 0 spiro atoms. The van der Waals surface area contributed by atoms with Gasteiger partial charge < -0.3 is 18.9 Å². The SMILES string of the molecule is Cc1cccc(C)c1OC[C@@H]1COC(=O)N1CCC1CCN(C[C@H]2COc3ccccc3O2)CC1. The molecule has 3 aliphatic heterocycles. The molecule has 7 heteroatoms. The predicted octanol–water partition coefficient (Wildman–Crippen LogP) is 4.45. The van der Waals surface area contributed by atoms with Crippen molar-refractivity contribution in [3.63, 3.8) is 0 Å². The number of fused-ring (bicyclic) bond motifs is 1. The van der Waals surface area contributed by atoms with Crippen LogP contribution in [0.4, 0.5) is 4.79 Å². The maximum atomic E-state index is 12.4. The molecule has 3 aliphatic rings. The summed E-state index contributed by atoms with van der Waals surface area (Å²) in [5.74, 6) is 3.20. The largest absolute Gasteiger partial charge is 0.491 e. The fourth-order valence-electron chi connectivity index (χ4n) is 5.33. The van der Waals surface area contributed by atoms with E-state index in [1.165, 1.54) is 0 Å². The molecule has 3 heterocycles. The van der Waals surface area contributed by atoms with Crippen LogP contribution in [0.2, 0.25) is 0 Å². The number of amides is 1. The number of carbonyl (C=O) groups excluding carboxylic acids is 1. The monoisotopic (exact) mass is 480 g/mol. The summed E-state index contributed by atoms with van der Waals surface area (Å²) in [6, 6.07) is 14.0. The number of hydrogen-bond acceptors (Lipinski definition) is 6. The van der Waals surface area contributed by atoms with Gasteiger partial charge in [0.1, 0.15) is 37.7 Å². The van der Waals surface area contributed by atoms with Gasteiger partial charge in [-0.1, -0.05) is 30.3 Å². The minimum atomic E-state index is -0.215. The van der Waals surface area contributed by atoms with E-state index in [9.17, 15) is 4.79 Å². The third-order valence-corrected chi connectivity index (χ3v) is 7.42. The van der Waals surface area contributed by atoms with Crippen LogP contribution >= 0.6 is 0 Å². The molecule has 2 saturated heterocycles. The summed E-state index contributed by atoms with van der Waals surface area (Å²) in [4.78, 5) is 16.7. The zero-order valence-electron chi connectivity index (χ0n) is 20.8. The van der Waals surface area contributed by atoms with E-state index in [0.717, 1.165) is 73.8 Å². The Labute approximate surface area is 207 Å². The summed E-state index contributed by atoms with van der Waals surface area (Å²) in [6.45, 7) is 9.27. The Hall–Kier alpha value is -2.93. The highest BCUT2D eigenvalue weighted by molar-refractivity contribution is 5.70. The van der Waals surface area contributed by atoms with E-state index < -0.39 is 0 Å². The zero-order chi connectivity index (χ0) is 24.2. The van der Waals surface area contributed by atoms with Crippen LogP contribution in [-0.2, 0) is 4.74 Å². The van der Waals surface area contributed by atoms with Crippen molar-refractivity contribution in [2.75, 3.05) is 46.0 Å². The Morgan fingerprint density at radius 3 is 2.46 bits per heavy atom. The van der Waals surface area contributed by atoms with Crippen molar-refractivity contribution in [3.05, 3.63) is 53.6 Å². The van der Waals surface area contributed by atoms with Gasteiger partial charge in [-0.15, -0.1) is 0 Å². The molecule has 5 rings (SSSR count). The van der Waals surface area contributed by atoms with Crippen LogP contribution in [0.15, 0.2) is 42.5 Å². The lowest BCUT2D eigenvalue weighted by Gasteiger charge is -2.36. The second-order valence-corrected chi connectivity index (χ2v) is 9.99. The number of ether oxygens (including phenoxy) is 4. The van der Waals surface area contributed by atoms with Gasteiger partial charge in [0, 0.05) is 13.1 Å². The minimum Gasteiger partial charge on any atom is -0.491 e. The number of likely N-dealkylation sites (tertiary alicyclic amines) is 1. The average Bonchev–Trinajstić information content (AvgIpc) is 3.22. The number of para-hydroxylation sites is 3. The first-order valence-electron chi connectivity index (χ1n) is 12.8. The molecule has 2 atom stereocenters. The molecule has 2 aromatic rings. The van der Waals surface area contributed by atoms with Crippen molar-refractivity contribution in [2.24, 2.45) is 5.92 Å². The van der Waals surface area contributed by atoms with E-state index in [0.29, 0.717) is 25.7 Å². The molecule has 188 valence electrons. The van der Waals surface area contributed by atoms with E-state index >= 15 is 0 Å². The first-order chi connectivity index (χ1) is 17.1. The summed E-state index contributed by atoms with van der Waals surface area (Å²) >= 11 is 0. The van der Waals surface area contributed by atoms with Gasteiger partial charge in [-0.25, -0.2) is 4.79 Å². The van der Waals surface area contributed by atoms with E-state index in [4.69, 9.17) is 18.9 Å². The number of piperidine rings is 1. The third-order valence-electron chi connectivity index (χ3n) is 7.42. The molecule has 1 amide bonds. The highest BCUT2D eigenvalue weighted by atomic mass is 16.6. The predicted molar refractivity (Wildman–Crippen MR) is 133 cm³/mol. The average molecular weight is 481 g/mol. The van der Waals surface area contributed by atoms with Crippen LogP contribution in [0, 0.1) is 19.8 Å². The van der Waals surface area contributed by atoms with Gasteiger partial charge >= 0.3 is 6.09 Å². The highest BCUT2D eigenvalue weighted by Crippen LogP contribution is 2.32. The molecule has 0 bridgehead atoms. The summed E-state index contributed by atoms with van der Waals surface area (Å²) in [5, 5.41) is 0. The summed E-state index contributed by atoms with van der Waals surface area (Å²) in [6.07, 6.45) is 3.12. The topological polar surface area (TPSA) is 60.5 Å². The standard InChI is InChI=1S/C28H36N2O5/c1-20-6-5-7-21(2)27(20)33-17-23-18-34-28(31)30(23)15-12-22-10-13-29(14-11-22)16-24-19-32-25-8-3-4-9-26(25)35-24/h3-9,22-24H,10-19H2,1-2H3/t23-,24+/m1/s1.